The standard InChI is InChI=1S/C34H41N2O9P/c1-20(32(40)45-34(42)43-19-26-23-12-8-6-10-21(23)22-11-7-9-13-24(22)26)14-16-36-31(39)25(18-35(2)33(36)41)30-29(38)28(37)27(44-30)15-17-46(3,4)5/h6-13,18,20,26-30,37-38H,3,14-17,19H2,1-2,4-5H3/t20?,27-,28-,29-,30?/m1/s1. The lowest BCUT2D eigenvalue weighted by Crippen LogP contribution is -2.42. The van der Waals surface area contributed by atoms with Crippen LogP contribution in [0.15, 0.2) is 64.3 Å². The summed E-state index contributed by atoms with van der Waals surface area (Å²) >= 11 is 0. The van der Waals surface area contributed by atoms with Crippen molar-refractivity contribution in [3.63, 3.8) is 0 Å². The van der Waals surface area contributed by atoms with Crippen LogP contribution in [-0.2, 0) is 32.6 Å². The molecule has 2 unspecified atom stereocenters. The van der Waals surface area contributed by atoms with E-state index >= 15 is 0 Å². The third-order valence-electron chi connectivity index (χ3n) is 8.75. The highest BCUT2D eigenvalue weighted by atomic mass is 31.2. The van der Waals surface area contributed by atoms with Crippen LogP contribution in [0.25, 0.3) is 11.1 Å². The summed E-state index contributed by atoms with van der Waals surface area (Å²) in [5.41, 5.74) is 2.89. The molecule has 2 aliphatic rings. The van der Waals surface area contributed by atoms with E-state index in [1.807, 2.05) is 48.5 Å². The maximum absolute atomic E-state index is 13.4. The van der Waals surface area contributed by atoms with Crippen molar-refractivity contribution in [2.75, 3.05) is 26.1 Å². The first-order valence-corrected chi connectivity index (χ1v) is 18.4. The van der Waals surface area contributed by atoms with E-state index in [0.29, 0.717) is 6.42 Å². The highest BCUT2D eigenvalue weighted by Gasteiger charge is 2.44. The van der Waals surface area contributed by atoms with Gasteiger partial charge in [-0.05, 0) is 54.6 Å². The van der Waals surface area contributed by atoms with E-state index in [9.17, 15) is 29.4 Å². The molecule has 0 spiro atoms. The fourth-order valence-electron chi connectivity index (χ4n) is 6.11. The lowest BCUT2D eigenvalue weighted by molar-refractivity contribution is -0.144. The number of esters is 1. The molecule has 0 radical (unpaired) electrons. The molecule has 12 heteroatoms. The van der Waals surface area contributed by atoms with Crippen LogP contribution < -0.4 is 11.2 Å². The maximum atomic E-state index is 13.4. The van der Waals surface area contributed by atoms with Gasteiger partial charge in [0, 0.05) is 25.7 Å². The molecule has 246 valence electrons. The molecular formula is C34H41N2O9P. The Balaban J connectivity index is 1.20. The van der Waals surface area contributed by atoms with E-state index in [-0.39, 0.29) is 31.1 Å². The number of rotatable bonds is 10. The Morgan fingerprint density at radius 2 is 1.61 bits per heavy atom. The van der Waals surface area contributed by atoms with Crippen LogP contribution in [0.1, 0.15) is 48.5 Å². The Morgan fingerprint density at radius 1 is 1.00 bits per heavy atom. The third-order valence-corrected chi connectivity index (χ3v) is 10.2. The van der Waals surface area contributed by atoms with Crippen molar-refractivity contribution in [3.8, 4) is 11.1 Å². The molecule has 11 nitrogen and oxygen atoms in total. The first-order chi connectivity index (χ1) is 21.8. The second-order valence-corrected chi connectivity index (χ2v) is 17.2. The van der Waals surface area contributed by atoms with Gasteiger partial charge in [0.1, 0.15) is 24.9 Å². The minimum absolute atomic E-state index is 0.00790. The minimum Gasteiger partial charge on any atom is -0.433 e. The molecule has 1 aliphatic carbocycles. The van der Waals surface area contributed by atoms with Crippen molar-refractivity contribution >= 4 is 25.3 Å². The number of carbonyl (C=O) groups is 2. The van der Waals surface area contributed by atoms with Crippen molar-refractivity contribution in [2.24, 2.45) is 13.0 Å². The van der Waals surface area contributed by atoms with Gasteiger partial charge in [-0.1, -0.05) is 55.5 Å². The number of ether oxygens (including phenoxy) is 3. The molecule has 1 aromatic heterocycles. The van der Waals surface area contributed by atoms with Gasteiger partial charge >= 0.3 is 17.8 Å². The second kappa shape index (κ2) is 13.5. The first-order valence-electron chi connectivity index (χ1n) is 15.3. The molecular weight excluding hydrogens is 611 g/mol. The molecule has 5 atom stereocenters. The number of carbonyl (C=O) groups excluding carboxylic acids is 2. The maximum Gasteiger partial charge on any atom is 0.516 e. The fraction of sp³-hybridized carbons (Fsp3) is 0.441. The number of benzene rings is 2. The number of aromatic nitrogens is 2. The topological polar surface area (TPSA) is 146 Å². The lowest BCUT2D eigenvalue weighted by Gasteiger charge is -2.19. The third kappa shape index (κ3) is 6.98. The highest BCUT2D eigenvalue weighted by molar-refractivity contribution is 7.72. The predicted octanol–water partition coefficient (Wildman–Crippen LogP) is 3.33. The zero-order chi connectivity index (χ0) is 33.3. The summed E-state index contributed by atoms with van der Waals surface area (Å²) in [7, 11) is 1.46. The molecule has 0 saturated carbocycles. The second-order valence-electron chi connectivity index (χ2n) is 12.9. The minimum atomic E-state index is -1.41. The number of aliphatic hydroxyl groups is 2. The monoisotopic (exact) mass is 652 g/mol. The van der Waals surface area contributed by atoms with Crippen LogP contribution in [0.5, 0.6) is 0 Å². The molecule has 2 heterocycles. The van der Waals surface area contributed by atoms with Crippen molar-refractivity contribution in [3.05, 3.63) is 92.3 Å². The summed E-state index contributed by atoms with van der Waals surface area (Å²) < 4.78 is 18.4. The molecule has 0 bridgehead atoms. The summed E-state index contributed by atoms with van der Waals surface area (Å²) in [6, 6.07) is 15.7. The largest absolute Gasteiger partial charge is 0.516 e. The van der Waals surface area contributed by atoms with Gasteiger partial charge in [0.15, 0.2) is 0 Å². The van der Waals surface area contributed by atoms with Crippen LogP contribution in [0, 0.1) is 5.92 Å². The molecule has 1 saturated heterocycles. The van der Waals surface area contributed by atoms with Crippen LogP contribution >= 0.6 is 6.89 Å². The van der Waals surface area contributed by atoms with Crippen LogP contribution in [0.3, 0.4) is 0 Å². The Hall–Kier alpha value is -3.76. The Kier molecular flexibility index (Phi) is 9.89. The van der Waals surface area contributed by atoms with Gasteiger partial charge in [0.25, 0.3) is 5.56 Å². The van der Waals surface area contributed by atoms with Crippen molar-refractivity contribution in [1.29, 1.82) is 0 Å². The highest BCUT2D eigenvalue weighted by Crippen LogP contribution is 2.44. The zero-order valence-corrected chi connectivity index (χ0v) is 27.4. The zero-order valence-electron chi connectivity index (χ0n) is 26.5. The van der Waals surface area contributed by atoms with Gasteiger partial charge in [0.05, 0.1) is 17.6 Å². The predicted molar refractivity (Wildman–Crippen MR) is 176 cm³/mol. The van der Waals surface area contributed by atoms with Gasteiger partial charge in [-0.2, -0.15) is 0 Å². The molecule has 1 aliphatic heterocycles. The molecule has 46 heavy (non-hydrogen) atoms. The van der Waals surface area contributed by atoms with Crippen LogP contribution in [0.4, 0.5) is 4.79 Å². The van der Waals surface area contributed by atoms with Crippen LogP contribution in [-0.4, -0.2) is 82.2 Å². The van der Waals surface area contributed by atoms with E-state index in [1.165, 1.54) is 24.7 Å². The van der Waals surface area contributed by atoms with Gasteiger partial charge in [-0.15, -0.1) is 13.2 Å². The quantitative estimate of drug-likeness (QED) is 0.191. The van der Waals surface area contributed by atoms with Crippen molar-refractivity contribution < 1.29 is 34.0 Å². The van der Waals surface area contributed by atoms with E-state index in [2.05, 4.69) is 19.6 Å². The molecule has 1 fully saturated rings. The van der Waals surface area contributed by atoms with Crippen LogP contribution in [0.2, 0.25) is 0 Å². The number of hydrogen-bond acceptors (Lipinski definition) is 9. The molecule has 5 rings (SSSR count). The number of fused-ring (bicyclic) bond motifs is 3. The summed E-state index contributed by atoms with van der Waals surface area (Å²) in [6.07, 6.45) is 1.18. The smallest absolute Gasteiger partial charge is 0.433 e. The van der Waals surface area contributed by atoms with Gasteiger partial charge in [0.2, 0.25) is 0 Å². The Bertz CT molecular complexity index is 1750. The Labute approximate surface area is 267 Å². The van der Waals surface area contributed by atoms with E-state index in [1.54, 1.807) is 0 Å². The average Bonchev–Trinajstić information content (AvgIpc) is 3.49. The lowest BCUT2D eigenvalue weighted by atomic mass is 9.98. The van der Waals surface area contributed by atoms with E-state index < -0.39 is 60.6 Å². The molecule has 2 N–H and O–H groups in total. The molecule has 0 amide bonds. The van der Waals surface area contributed by atoms with Gasteiger partial charge in [-0.3, -0.25) is 14.2 Å². The van der Waals surface area contributed by atoms with Gasteiger partial charge in [-0.25, -0.2) is 9.59 Å². The summed E-state index contributed by atoms with van der Waals surface area (Å²) in [6.45, 7) is 4.07. The molecule has 3 aromatic rings. The summed E-state index contributed by atoms with van der Waals surface area (Å²) in [4.78, 5) is 51.6. The van der Waals surface area contributed by atoms with E-state index in [4.69, 9.17) is 14.2 Å². The molecule has 2 aromatic carbocycles. The van der Waals surface area contributed by atoms with Crippen molar-refractivity contribution in [2.45, 2.75) is 56.6 Å². The Morgan fingerprint density at radius 3 is 2.22 bits per heavy atom. The average molecular weight is 653 g/mol. The number of nitrogens with zero attached hydrogens (tertiary/aromatic N) is 2. The first kappa shape index (κ1) is 33.6. The number of aryl methyl sites for hydroxylation is 1. The number of hydrogen-bond donors (Lipinski definition) is 2. The van der Waals surface area contributed by atoms with E-state index in [0.717, 1.165) is 33.0 Å². The van der Waals surface area contributed by atoms with Gasteiger partial charge < -0.3 is 29.0 Å². The SMILES string of the molecule is C=P(C)(C)CC[C@H]1OC(c2cn(C)c(=O)n(CCC(C)C(=O)OC(=O)OCC3c4ccccc4-c4ccccc43)c2=O)[C@H](O)[C@@H]1O. The summed E-state index contributed by atoms with van der Waals surface area (Å²) in [5.74, 6) is -1.90. The van der Waals surface area contributed by atoms with Crippen molar-refractivity contribution in [1.82, 2.24) is 9.13 Å². The number of aliphatic hydroxyl groups excluding tert-OH is 2. The fourth-order valence-corrected chi connectivity index (χ4v) is 7.06. The summed E-state index contributed by atoms with van der Waals surface area (Å²) in [5, 5.41) is 21.4. The normalized spacial score (nSPS) is 21.4.